The van der Waals surface area contributed by atoms with Gasteiger partial charge in [-0.1, -0.05) is 0 Å². The van der Waals surface area contributed by atoms with E-state index in [1.54, 1.807) is 20.9 Å². The van der Waals surface area contributed by atoms with Gasteiger partial charge in [0, 0.05) is 73.0 Å². The molecule has 6 amide bonds. The van der Waals surface area contributed by atoms with Crippen molar-refractivity contribution >= 4 is 35.4 Å². The average molecular weight is 881 g/mol. The van der Waals surface area contributed by atoms with Gasteiger partial charge in [0.25, 0.3) is 11.8 Å². The Kier molecular flexibility index (Phi) is 20.3. The fraction of sp³-hybridized carbons (Fsp3) is 0.647. The van der Waals surface area contributed by atoms with Crippen LogP contribution in [0, 0.1) is 0 Å². The van der Waals surface area contributed by atoms with Crippen molar-refractivity contribution in [2.24, 2.45) is 0 Å². The van der Waals surface area contributed by atoms with Crippen LogP contribution in [0.15, 0.2) is 12.1 Å². The van der Waals surface area contributed by atoms with Crippen LogP contribution >= 0.6 is 0 Å². The van der Waals surface area contributed by atoms with E-state index in [9.17, 15) is 68.3 Å². The highest BCUT2D eigenvalue weighted by atomic mass is 19.4. The summed E-state index contributed by atoms with van der Waals surface area (Å²) >= 11 is 0. The molecule has 1 fully saturated rings. The molecule has 0 unspecified atom stereocenters. The highest BCUT2D eigenvalue weighted by Gasteiger charge is 2.31. The molecule has 60 heavy (non-hydrogen) atoms. The molecule has 1 saturated heterocycles. The number of nitrogens with zero attached hydrogens (tertiary/aromatic N) is 4. The summed E-state index contributed by atoms with van der Waals surface area (Å²) in [5.74, 6) is -4.92. The van der Waals surface area contributed by atoms with Crippen LogP contribution in [0.3, 0.4) is 0 Å². The first-order chi connectivity index (χ1) is 27.9. The lowest BCUT2D eigenvalue weighted by Crippen LogP contribution is -2.52. The number of halogens is 9. The first-order valence-corrected chi connectivity index (χ1v) is 18.2. The summed E-state index contributed by atoms with van der Waals surface area (Å²) < 4.78 is 121. The number of carbonyl (C=O) groups is 6. The third-order valence-corrected chi connectivity index (χ3v) is 8.64. The van der Waals surface area contributed by atoms with Crippen molar-refractivity contribution in [2.45, 2.75) is 25.1 Å². The zero-order valence-corrected chi connectivity index (χ0v) is 33.0. The van der Waals surface area contributed by atoms with Crippen LogP contribution in [0.5, 0.6) is 5.75 Å². The minimum Gasteiger partial charge on any atom is -0.495 e. The Morgan fingerprint density at radius 2 is 0.783 bits per heavy atom. The first-order valence-electron chi connectivity index (χ1n) is 18.2. The van der Waals surface area contributed by atoms with Crippen LogP contribution in [0.25, 0.3) is 0 Å². The van der Waals surface area contributed by atoms with E-state index in [-0.39, 0.29) is 82.3 Å². The van der Waals surface area contributed by atoms with Gasteiger partial charge in [-0.2, -0.15) is 39.5 Å². The Morgan fingerprint density at radius 3 is 1.02 bits per heavy atom. The van der Waals surface area contributed by atoms with E-state index in [1.807, 2.05) is 0 Å². The third-order valence-electron chi connectivity index (χ3n) is 8.64. The lowest BCUT2D eigenvalue weighted by Gasteiger charge is -2.33. The molecule has 1 heterocycles. The van der Waals surface area contributed by atoms with Crippen molar-refractivity contribution in [3.05, 3.63) is 28.8 Å². The zero-order valence-electron chi connectivity index (χ0n) is 33.0. The number of carbonyl (C=O) groups excluding carboxylic acids is 6. The third kappa shape index (κ3) is 20.3. The van der Waals surface area contributed by atoms with Gasteiger partial charge < -0.3 is 36.6 Å². The number of amides is 6. The van der Waals surface area contributed by atoms with E-state index in [0.29, 0.717) is 5.56 Å². The summed E-state index contributed by atoms with van der Waals surface area (Å²) in [5.41, 5.74) is 0.305. The molecule has 0 aromatic heterocycles. The number of rotatable bonds is 16. The maximum atomic E-state index is 13.4. The zero-order chi connectivity index (χ0) is 45.3. The molecule has 0 atom stereocenters. The molecule has 1 aliphatic heterocycles. The van der Waals surface area contributed by atoms with Gasteiger partial charge in [-0.15, -0.1) is 0 Å². The molecular weight excluding hydrogens is 831 g/mol. The Labute approximate surface area is 339 Å². The molecule has 0 radical (unpaired) electrons. The van der Waals surface area contributed by atoms with Crippen LogP contribution in [0.1, 0.15) is 26.3 Å². The summed E-state index contributed by atoms with van der Waals surface area (Å²) in [6.45, 7) is -8.08. The van der Waals surface area contributed by atoms with E-state index in [4.69, 9.17) is 4.74 Å². The summed E-state index contributed by atoms with van der Waals surface area (Å²) in [6.07, 6.45) is -14.2. The topological polar surface area (TPSA) is 197 Å². The van der Waals surface area contributed by atoms with E-state index >= 15 is 0 Å². The number of nitrogens with one attached hydrogen (secondary N) is 6. The molecule has 26 heteroatoms. The average Bonchev–Trinajstić information content (AvgIpc) is 3.16. The molecule has 1 aromatic rings. The van der Waals surface area contributed by atoms with Crippen LogP contribution in [0.2, 0.25) is 0 Å². The summed E-state index contributed by atoms with van der Waals surface area (Å²) in [5, 5.41) is 12.7. The monoisotopic (exact) mass is 880 g/mol. The smallest absolute Gasteiger partial charge is 0.405 e. The number of alkyl halides is 9. The number of methoxy groups -OCH3 is 1. The second-order valence-electron chi connectivity index (χ2n) is 13.4. The van der Waals surface area contributed by atoms with Crippen LogP contribution in [-0.4, -0.2) is 193 Å². The van der Waals surface area contributed by atoms with Crippen LogP contribution < -0.4 is 36.6 Å². The van der Waals surface area contributed by atoms with Crippen molar-refractivity contribution in [1.29, 1.82) is 0 Å². The second kappa shape index (κ2) is 23.7. The van der Waals surface area contributed by atoms with E-state index in [2.05, 4.69) is 16.0 Å². The Bertz CT molecular complexity index is 1550. The molecule has 1 aromatic carbocycles. The van der Waals surface area contributed by atoms with Crippen molar-refractivity contribution < 1.29 is 73.0 Å². The Balaban J connectivity index is 2.37. The first kappa shape index (κ1) is 51.2. The van der Waals surface area contributed by atoms with Gasteiger partial charge >= 0.3 is 18.5 Å². The second-order valence-corrected chi connectivity index (χ2v) is 13.4. The highest BCUT2D eigenvalue weighted by molar-refractivity contribution is 6.04. The number of benzene rings is 1. The maximum absolute atomic E-state index is 13.4. The van der Waals surface area contributed by atoms with Gasteiger partial charge in [-0.05, 0) is 17.7 Å². The van der Waals surface area contributed by atoms with Crippen molar-refractivity contribution in [3.8, 4) is 5.75 Å². The fourth-order valence-corrected chi connectivity index (χ4v) is 5.66. The normalized spacial score (nSPS) is 15.8. The SMILES string of the molecule is CNC(=O)c1cc(CNC(=O)CN2CCN(CC(=O)NCC(F)(F)F)CCN(CC(=O)NCC(F)(F)F)CCN(CC(=O)NCC(F)(F)F)CC2)cc(C(=O)NC)c1OC. The molecule has 0 spiro atoms. The predicted octanol–water partition coefficient (Wildman–Crippen LogP) is -0.712. The van der Waals surface area contributed by atoms with Gasteiger partial charge in [-0.3, -0.25) is 48.4 Å². The van der Waals surface area contributed by atoms with Crippen LogP contribution in [0.4, 0.5) is 39.5 Å². The van der Waals surface area contributed by atoms with Crippen molar-refractivity contribution in [2.75, 3.05) is 119 Å². The maximum Gasteiger partial charge on any atom is 0.405 e. The summed E-state index contributed by atoms with van der Waals surface area (Å²) in [7, 11) is 3.98. The highest BCUT2D eigenvalue weighted by Crippen LogP contribution is 2.26. The van der Waals surface area contributed by atoms with Crippen molar-refractivity contribution in [1.82, 2.24) is 51.5 Å². The van der Waals surface area contributed by atoms with Gasteiger partial charge in [0.05, 0.1) is 44.4 Å². The molecule has 340 valence electrons. The van der Waals surface area contributed by atoms with Gasteiger partial charge in [0.1, 0.15) is 25.4 Å². The van der Waals surface area contributed by atoms with Crippen LogP contribution in [-0.2, 0) is 25.7 Å². The quantitative estimate of drug-likeness (QED) is 0.115. The largest absolute Gasteiger partial charge is 0.495 e. The molecule has 6 N–H and O–H groups in total. The Hall–Kier alpha value is -4.95. The Morgan fingerprint density at radius 1 is 0.517 bits per heavy atom. The van der Waals surface area contributed by atoms with E-state index in [0.717, 1.165) is 0 Å². The molecule has 0 saturated carbocycles. The van der Waals surface area contributed by atoms with E-state index < -0.39 is 93.2 Å². The lowest BCUT2D eigenvalue weighted by molar-refractivity contribution is -0.139. The predicted molar refractivity (Wildman–Crippen MR) is 195 cm³/mol. The molecule has 0 bridgehead atoms. The van der Waals surface area contributed by atoms with Crippen molar-refractivity contribution in [3.63, 3.8) is 0 Å². The molecule has 2 rings (SSSR count). The van der Waals surface area contributed by atoms with Gasteiger partial charge in [0.15, 0.2) is 0 Å². The molecular formula is C34H49F9N10O7. The molecule has 17 nitrogen and oxygen atoms in total. The minimum atomic E-state index is -4.73. The van der Waals surface area contributed by atoms with Gasteiger partial charge in [0.2, 0.25) is 23.6 Å². The lowest BCUT2D eigenvalue weighted by atomic mass is 10.0. The number of hydrogen-bond donors (Lipinski definition) is 6. The minimum absolute atomic E-state index is 0.00681. The standard InChI is InChI=1S/C34H49F9N10O7/c1-44-30(58)23-12-22(13-24(29(23)60-3)31(59)45-2)14-46-25(54)15-50-4-6-51(16-26(55)47-19-32(35,36)37)8-10-53(18-28(57)49-21-34(41,42)43)11-9-52(7-5-50)17-27(56)48-20-33(38,39)40/h12-13H,4-11,14-21H2,1-3H3,(H,44,58)(H,45,59)(H,46,54)(H,47,55)(H,48,56)(H,49,57). The van der Waals surface area contributed by atoms with E-state index in [1.165, 1.54) is 48.0 Å². The summed E-state index contributed by atoms with van der Waals surface area (Å²) in [6, 6.07) is 2.79. The number of hydrogen-bond acceptors (Lipinski definition) is 11. The van der Waals surface area contributed by atoms with Gasteiger partial charge in [-0.25, -0.2) is 0 Å². The summed E-state index contributed by atoms with van der Waals surface area (Å²) in [4.78, 5) is 81.8. The number of ether oxygens (including phenoxy) is 1. The molecule has 1 aliphatic rings. The fourth-order valence-electron chi connectivity index (χ4n) is 5.66. The molecule has 0 aliphatic carbocycles.